The van der Waals surface area contributed by atoms with E-state index >= 15 is 4.79 Å². The van der Waals surface area contributed by atoms with Gasteiger partial charge in [0.05, 0.1) is 23.1 Å². The molecule has 0 heterocycles. The number of ether oxygens (including phenoxy) is 6. The number of hydrogen-bond acceptors (Lipinski definition) is 11. The van der Waals surface area contributed by atoms with Crippen molar-refractivity contribution in [2.75, 3.05) is 26.4 Å². The monoisotopic (exact) mass is 1020 g/mol. The number of hydrogen-bond donors (Lipinski definition) is 0. The summed E-state index contributed by atoms with van der Waals surface area (Å²) in [5, 5.41) is 23.8. The molecule has 0 aliphatic carbocycles. The van der Waals surface area contributed by atoms with Gasteiger partial charge >= 0.3 is 6.16 Å². The van der Waals surface area contributed by atoms with Crippen LogP contribution in [0.15, 0.2) is 231 Å². The Bertz CT molecular complexity index is 2640. The zero-order chi connectivity index (χ0) is 53.2. The zero-order valence-corrected chi connectivity index (χ0v) is 42.4. The molecule has 0 amide bonds. The molecule has 0 bridgehead atoms. The van der Waals surface area contributed by atoms with Crippen molar-refractivity contribution in [3.05, 3.63) is 295 Å². The topological polar surface area (TPSA) is 159 Å². The van der Waals surface area contributed by atoms with Gasteiger partial charge in [0, 0.05) is 37.5 Å². The van der Waals surface area contributed by atoms with Gasteiger partial charge in [-0.1, -0.05) is 196 Å². The van der Waals surface area contributed by atoms with Gasteiger partial charge < -0.3 is 28.4 Å². The third-order valence-electron chi connectivity index (χ3n) is 13.0. The Labute approximate surface area is 442 Å². The van der Waals surface area contributed by atoms with E-state index in [1.54, 1.807) is 24.3 Å². The smallest absolute Gasteiger partial charge is 0.425 e. The second kappa shape index (κ2) is 26.2. The number of rotatable bonds is 26. The lowest BCUT2D eigenvalue weighted by atomic mass is 9.80. The van der Waals surface area contributed by atoms with Crippen LogP contribution in [0.4, 0.5) is 16.2 Å². The second-order valence-corrected chi connectivity index (χ2v) is 18.0. The summed E-state index contributed by atoms with van der Waals surface area (Å²) in [5.74, 6) is 0. The number of nitrogens with zero attached hydrogens (tertiary/aromatic N) is 2. The average molecular weight is 1020 g/mol. The molecule has 0 aliphatic heterocycles. The normalized spacial score (nSPS) is 13.2. The highest BCUT2D eigenvalue weighted by Crippen LogP contribution is 2.44. The summed E-state index contributed by atoms with van der Waals surface area (Å²) in [7, 11) is 0. The Morgan fingerprint density at radius 1 is 0.408 bits per heavy atom. The lowest BCUT2D eigenvalue weighted by Crippen LogP contribution is -2.42. The maximum Gasteiger partial charge on any atom is 0.509 e. The van der Waals surface area contributed by atoms with Gasteiger partial charge in [-0.2, -0.15) is 0 Å². The number of carbonyl (C=O) groups excluding carboxylic acids is 1. The molecule has 0 aliphatic rings. The lowest BCUT2D eigenvalue weighted by Gasteiger charge is -2.39. The van der Waals surface area contributed by atoms with Gasteiger partial charge in [0.1, 0.15) is 23.4 Å². The van der Waals surface area contributed by atoms with Crippen LogP contribution in [0.2, 0.25) is 0 Å². The molecule has 13 nitrogen and oxygen atoms in total. The molecular weight excluding hydrogens is 961 g/mol. The Balaban J connectivity index is 1.25. The van der Waals surface area contributed by atoms with Crippen LogP contribution < -0.4 is 0 Å². The maximum atomic E-state index is 15.2. The highest BCUT2D eigenvalue weighted by molar-refractivity contribution is 5.61. The van der Waals surface area contributed by atoms with Crippen molar-refractivity contribution in [3.8, 4) is 0 Å². The molecule has 0 spiro atoms. The molecule has 8 aromatic rings. The maximum absolute atomic E-state index is 15.2. The molecule has 0 saturated carbocycles. The third kappa shape index (κ3) is 12.6. The quantitative estimate of drug-likeness (QED) is 0.0220. The molecule has 4 atom stereocenters. The SMILES string of the molecule is CCCO[C@H](c1ccc([N+](=O)[O-])cc1)[C@@H](COC(c1ccccc1)(c1ccccc1)c1ccccc1)OC(=O)O[C@H](COC(c1ccccc1)(c1ccccc1)c1ccccc1)[C@H](OCCC)c1ccc([N+](=O)[O-])cc1. The van der Waals surface area contributed by atoms with Gasteiger partial charge in [0.25, 0.3) is 11.4 Å². The first-order valence-electron chi connectivity index (χ1n) is 25.4. The van der Waals surface area contributed by atoms with Gasteiger partial charge in [-0.3, -0.25) is 20.2 Å². The number of non-ortho nitro benzene ring substituents is 2. The number of carbonyl (C=O) groups is 1. The molecule has 0 fully saturated rings. The number of nitro benzene ring substituents is 2. The van der Waals surface area contributed by atoms with E-state index in [0.29, 0.717) is 24.0 Å². The Hall–Kier alpha value is -8.33. The standard InChI is InChI=1S/C63H60N2O11/c1-3-43-71-59(47-35-39-55(40-36-47)64(67)68)57(45-73-62(49-23-11-5-12-24-49,50-25-13-6-14-26-50)51-27-15-7-16-28-51)75-61(66)76-58(60(72-44-4-2)48-37-41-56(42-38-48)65(69)70)46-74-63(52-29-17-8-18-30-52,53-31-19-9-20-32-53)54-33-21-10-22-34-54/h5-42,57-60H,3-4,43-46H2,1-2H3/t57-,58-,59-,60-/m1/s1. The fraction of sp³-hybridized carbons (Fsp3) is 0.222. The Morgan fingerprint density at radius 3 is 0.882 bits per heavy atom. The molecule has 8 aromatic carbocycles. The summed E-state index contributed by atoms with van der Waals surface area (Å²) in [6.07, 6.45) is -4.55. The van der Waals surface area contributed by atoms with Crippen molar-refractivity contribution >= 4 is 17.5 Å². The van der Waals surface area contributed by atoms with Gasteiger partial charge in [-0.05, 0) is 81.6 Å². The van der Waals surface area contributed by atoms with E-state index in [0.717, 1.165) is 33.4 Å². The van der Waals surface area contributed by atoms with Crippen LogP contribution in [0.25, 0.3) is 0 Å². The molecule has 0 unspecified atom stereocenters. The van der Waals surface area contributed by atoms with E-state index < -0.39 is 51.6 Å². The van der Waals surface area contributed by atoms with Crippen LogP contribution in [-0.4, -0.2) is 54.6 Å². The van der Waals surface area contributed by atoms with Crippen molar-refractivity contribution in [2.24, 2.45) is 0 Å². The van der Waals surface area contributed by atoms with E-state index in [2.05, 4.69) is 0 Å². The van der Waals surface area contributed by atoms with E-state index in [-0.39, 0.29) is 37.8 Å². The molecule has 0 N–H and O–H groups in total. The van der Waals surface area contributed by atoms with Gasteiger partial charge in [-0.25, -0.2) is 4.79 Å². The largest absolute Gasteiger partial charge is 0.509 e. The number of nitro groups is 2. The predicted octanol–water partition coefficient (Wildman–Crippen LogP) is 14.0. The van der Waals surface area contributed by atoms with Crippen molar-refractivity contribution in [2.45, 2.75) is 62.3 Å². The minimum Gasteiger partial charge on any atom is -0.425 e. The van der Waals surface area contributed by atoms with Crippen LogP contribution in [0.3, 0.4) is 0 Å². The van der Waals surface area contributed by atoms with Crippen LogP contribution in [0.5, 0.6) is 0 Å². The molecule has 388 valence electrons. The van der Waals surface area contributed by atoms with Gasteiger partial charge in [0.15, 0.2) is 12.2 Å². The fourth-order valence-electron chi connectivity index (χ4n) is 9.49. The van der Waals surface area contributed by atoms with E-state index in [9.17, 15) is 20.2 Å². The predicted molar refractivity (Wildman–Crippen MR) is 290 cm³/mol. The highest BCUT2D eigenvalue weighted by atomic mass is 16.8. The molecule has 8 rings (SSSR count). The number of benzene rings is 8. The van der Waals surface area contributed by atoms with Crippen molar-refractivity contribution in [1.82, 2.24) is 0 Å². The first-order chi connectivity index (χ1) is 37.2. The Kier molecular flexibility index (Phi) is 18.6. The fourth-order valence-corrected chi connectivity index (χ4v) is 9.49. The van der Waals surface area contributed by atoms with Crippen LogP contribution in [-0.2, 0) is 39.6 Å². The Morgan fingerprint density at radius 2 is 0.658 bits per heavy atom. The van der Waals surface area contributed by atoms with E-state index in [1.807, 2.05) is 196 Å². The minimum atomic E-state index is -1.26. The van der Waals surface area contributed by atoms with Crippen LogP contribution >= 0.6 is 0 Å². The third-order valence-corrected chi connectivity index (χ3v) is 13.0. The van der Waals surface area contributed by atoms with Crippen molar-refractivity contribution in [3.63, 3.8) is 0 Å². The summed E-state index contributed by atoms with van der Waals surface area (Å²) >= 11 is 0. The summed E-state index contributed by atoms with van der Waals surface area (Å²) in [5.41, 5.74) is 2.96. The summed E-state index contributed by atoms with van der Waals surface area (Å²) in [6.45, 7) is 3.77. The van der Waals surface area contributed by atoms with E-state index in [4.69, 9.17) is 28.4 Å². The molecular formula is C63H60N2O11. The lowest BCUT2D eigenvalue weighted by molar-refractivity contribution is -0.385. The summed E-state index contributed by atoms with van der Waals surface area (Å²) < 4.78 is 40.9. The highest BCUT2D eigenvalue weighted by Gasteiger charge is 2.43. The summed E-state index contributed by atoms with van der Waals surface area (Å²) in [4.78, 5) is 38.0. The molecule has 0 saturated heterocycles. The first-order valence-corrected chi connectivity index (χ1v) is 25.4. The molecule has 13 heteroatoms. The van der Waals surface area contributed by atoms with Crippen LogP contribution in [0.1, 0.15) is 83.4 Å². The van der Waals surface area contributed by atoms with Crippen molar-refractivity contribution in [1.29, 1.82) is 0 Å². The first kappa shape index (κ1) is 53.9. The zero-order valence-electron chi connectivity index (χ0n) is 42.4. The van der Waals surface area contributed by atoms with Crippen LogP contribution in [0, 0.1) is 20.2 Å². The second-order valence-electron chi connectivity index (χ2n) is 18.0. The minimum absolute atomic E-state index is 0.132. The van der Waals surface area contributed by atoms with E-state index in [1.165, 1.54) is 24.3 Å². The van der Waals surface area contributed by atoms with Crippen molar-refractivity contribution < 1.29 is 43.1 Å². The van der Waals surface area contributed by atoms with Gasteiger partial charge in [-0.15, -0.1) is 0 Å². The summed E-state index contributed by atoms with van der Waals surface area (Å²) in [6, 6.07) is 70.3. The molecule has 0 aromatic heterocycles. The molecule has 0 radical (unpaired) electrons. The molecule has 76 heavy (non-hydrogen) atoms. The van der Waals surface area contributed by atoms with Gasteiger partial charge in [0.2, 0.25) is 0 Å². The average Bonchev–Trinajstić information content (AvgIpc) is 3.47.